The lowest BCUT2D eigenvalue weighted by atomic mass is 10.2. The Morgan fingerprint density at radius 3 is 2.84 bits per heavy atom. The number of carbonyl (C=O) groups excluding carboxylic acids is 1. The third kappa shape index (κ3) is 3.03. The van der Waals surface area contributed by atoms with Gasteiger partial charge in [-0.15, -0.1) is 11.3 Å². The third-order valence-electron chi connectivity index (χ3n) is 2.65. The van der Waals surface area contributed by atoms with Gasteiger partial charge in [-0.05, 0) is 32.0 Å². The molecule has 0 unspecified atom stereocenters. The normalized spacial score (nSPS) is 10.4. The molecule has 0 radical (unpaired) electrons. The molecule has 100 valence electrons. The van der Waals surface area contributed by atoms with Crippen LogP contribution in [-0.2, 0) is 6.54 Å². The molecule has 1 aromatic heterocycles. The van der Waals surface area contributed by atoms with Crippen LogP contribution < -0.4 is 11.1 Å². The number of carbonyl (C=O) groups is 1. The van der Waals surface area contributed by atoms with Crippen molar-refractivity contribution in [1.29, 1.82) is 0 Å². The maximum absolute atomic E-state index is 12.0. The fourth-order valence-electron chi connectivity index (χ4n) is 1.74. The number of aryl methyl sites for hydroxylation is 2. The molecule has 1 amide bonds. The molecule has 0 aliphatic heterocycles. The van der Waals surface area contributed by atoms with E-state index >= 15 is 0 Å². The fourth-order valence-corrected chi connectivity index (χ4v) is 2.58. The number of anilines is 1. The zero-order chi connectivity index (χ0) is 14.0. The molecule has 0 bridgehead atoms. The zero-order valence-electron chi connectivity index (χ0n) is 10.7. The van der Waals surface area contributed by atoms with Gasteiger partial charge in [0, 0.05) is 17.8 Å². The van der Waals surface area contributed by atoms with Gasteiger partial charge < -0.3 is 16.2 Å². The summed E-state index contributed by atoms with van der Waals surface area (Å²) in [6.45, 7) is 3.89. The number of phenolic OH excluding ortho intramolecular Hbond substituents is 1. The lowest BCUT2D eigenvalue weighted by Crippen LogP contribution is -2.22. The summed E-state index contributed by atoms with van der Waals surface area (Å²) in [5.74, 6) is -0.0726. The van der Waals surface area contributed by atoms with Crippen LogP contribution >= 0.6 is 11.3 Å². The highest BCUT2D eigenvalue weighted by Crippen LogP contribution is 2.20. The summed E-state index contributed by atoms with van der Waals surface area (Å²) >= 11 is 1.35. The van der Waals surface area contributed by atoms with Crippen molar-refractivity contribution in [2.24, 2.45) is 0 Å². The molecule has 5 nitrogen and oxygen atoms in total. The lowest BCUT2D eigenvalue weighted by Gasteiger charge is -2.07. The number of phenols is 1. The van der Waals surface area contributed by atoms with E-state index in [1.807, 2.05) is 6.92 Å². The second kappa shape index (κ2) is 5.27. The Balaban J connectivity index is 2.08. The average molecular weight is 277 g/mol. The van der Waals surface area contributed by atoms with Gasteiger partial charge in [-0.2, -0.15) is 0 Å². The number of benzene rings is 1. The van der Waals surface area contributed by atoms with E-state index in [1.165, 1.54) is 17.4 Å². The standard InChI is InChI=1S/C13H15N3O2S/c1-7-12(19-8(2)16-7)13(18)15-6-9-5-10(14)3-4-11(9)17/h3-5,17H,6,14H2,1-2H3,(H,15,18). The van der Waals surface area contributed by atoms with E-state index in [9.17, 15) is 9.90 Å². The smallest absolute Gasteiger partial charge is 0.263 e. The highest BCUT2D eigenvalue weighted by atomic mass is 32.1. The summed E-state index contributed by atoms with van der Waals surface area (Å²) in [5.41, 5.74) is 7.50. The van der Waals surface area contributed by atoms with Gasteiger partial charge in [0.15, 0.2) is 0 Å². The highest BCUT2D eigenvalue weighted by Gasteiger charge is 2.13. The van der Waals surface area contributed by atoms with Crippen LogP contribution in [0.2, 0.25) is 0 Å². The number of aromatic hydroxyl groups is 1. The molecule has 0 spiro atoms. The van der Waals surface area contributed by atoms with Crippen LogP contribution in [0.4, 0.5) is 5.69 Å². The predicted molar refractivity (Wildman–Crippen MR) is 75.3 cm³/mol. The quantitative estimate of drug-likeness (QED) is 0.591. The summed E-state index contributed by atoms with van der Waals surface area (Å²) in [4.78, 5) is 16.8. The van der Waals surface area contributed by atoms with Crippen molar-refractivity contribution in [2.75, 3.05) is 5.73 Å². The Kier molecular flexibility index (Phi) is 3.71. The topological polar surface area (TPSA) is 88.2 Å². The monoisotopic (exact) mass is 277 g/mol. The fraction of sp³-hybridized carbons (Fsp3) is 0.231. The maximum Gasteiger partial charge on any atom is 0.263 e. The number of hydrogen-bond acceptors (Lipinski definition) is 5. The van der Waals surface area contributed by atoms with Crippen LogP contribution in [0, 0.1) is 13.8 Å². The second-order valence-corrected chi connectivity index (χ2v) is 5.42. The second-order valence-electron chi connectivity index (χ2n) is 4.22. The van der Waals surface area contributed by atoms with Gasteiger partial charge in [0.25, 0.3) is 5.91 Å². The van der Waals surface area contributed by atoms with E-state index in [1.54, 1.807) is 19.1 Å². The van der Waals surface area contributed by atoms with E-state index in [-0.39, 0.29) is 18.2 Å². The molecule has 0 saturated carbocycles. The van der Waals surface area contributed by atoms with Gasteiger partial charge in [-0.25, -0.2) is 4.98 Å². The van der Waals surface area contributed by atoms with Crippen molar-refractivity contribution in [3.8, 4) is 5.75 Å². The summed E-state index contributed by atoms with van der Waals surface area (Å²) in [7, 11) is 0. The minimum Gasteiger partial charge on any atom is -0.508 e. The molecule has 0 fully saturated rings. The number of rotatable bonds is 3. The third-order valence-corrected chi connectivity index (χ3v) is 3.72. The van der Waals surface area contributed by atoms with E-state index < -0.39 is 0 Å². The van der Waals surface area contributed by atoms with Crippen LogP contribution in [0.15, 0.2) is 18.2 Å². The molecule has 1 aromatic carbocycles. The first-order valence-corrected chi connectivity index (χ1v) is 6.58. The Labute approximate surface area is 115 Å². The van der Waals surface area contributed by atoms with Crippen molar-refractivity contribution in [3.05, 3.63) is 39.3 Å². The van der Waals surface area contributed by atoms with Gasteiger partial charge in [-0.1, -0.05) is 0 Å². The molecule has 0 aliphatic rings. The number of nitrogens with zero attached hydrogens (tertiary/aromatic N) is 1. The van der Waals surface area contributed by atoms with Gasteiger partial charge in [-0.3, -0.25) is 4.79 Å². The van der Waals surface area contributed by atoms with Crippen molar-refractivity contribution in [2.45, 2.75) is 20.4 Å². The molecule has 0 aliphatic carbocycles. The molecular weight excluding hydrogens is 262 g/mol. The number of amides is 1. The van der Waals surface area contributed by atoms with Crippen molar-refractivity contribution in [1.82, 2.24) is 10.3 Å². The first-order valence-electron chi connectivity index (χ1n) is 5.77. The number of aromatic nitrogens is 1. The van der Waals surface area contributed by atoms with Crippen LogP contribution in [0.3, 0.4) is 0 Å². The Hall–Kier alpha value is -2.08. The molecule has 2 rings (SSSR count). The number of nitrogen functional groups attached to an aromatic ring is 1. The first-order chi connectivity index (χ1) is 8.97. The minimum atomic E-state index is -0.190. The van der Waals surface area contributed by atoms with Crippen LogP contribution in [0.1, 0.15) is 25.9 Å². The summed E-state index contributed by atoms with van der Waals surface area (Å²) in [6, 6.07) is 4.76. The molecule has 2 aromatic rings. The van der Waals surface area contributed by atoms with Crippen LogP contribution in [0.5, 0.6) is 5.75 Å². The number of hydrogen-bond donors (Lipinski definition) is 3. The molecular formula is C13H15N3O2S. The van der Waals surface area contributed by atoms with E-state index in [2.05, 4.69) is 10.3 Å². The van der Waals surface area contributed by atoms with Crippen LogP contribution in [-0.4, -0.2) is 16.0 Å². The maximum atomic E-state index is 12.0. The largest absolute Gasteiger partial charge is 0.508 e. The predicted octanol–water partition coefficient (Wildman–Crippen LogP) is 1.98. The average Bonchev–Trinajstić information content (AvgIpc) is 2.69. The van der Waals surface area contributed by atoms with Gasteiger partial charge in [0.05, 0.1) is 10.7 Å². The summed E-state index contributed by atoms with van der Waals surface area (Å²) in [5, 5.41) is 13.3. The van der Waals surface area contributed by atoms with Gasteiger partial charge in [0.2, 0.25) is 0 Å². The van der Waals surface area contributed by atoms with E-state index in [4.69, 9.17) is 5.73 Å². The lowest BCUT2D eigenvalue weighted by molar-refractivity contribution is 0.0954. The molecule has 1 heterocycles. The molecule has 0 saturated heterocycles. The van der Waals surface area contributed by atoms with Crippen molar-refractivity contribution >= 4 is 22.9 Å². The van der Waals surface area contributed by atoms with Crippen molar-refractivity contribution in [3.63, 3.8) is 0 Å². The van der Waals surface area contributed by atoms with E-state index in [0.29, 0.717) is 16.1 Å². The van der Waals surface area contributed by atoms with Gasteiger partial charge in [0.1, 0.15) is 10.6 Å². The number of nitrogens with one attached hydrogen (secondary N) is 1. The highest BCUT2D eigenvalue weighted by molar-refractivity contribution is 7.13. The Morgan fingerprint density at radius 2 is 2.21 bits per heavy atom. The Morgan fingerprint density at radius 1 is 1.47 bits per heavy atom. The SMILES string of the molecule is Cc1nc(C)c(C(=O)NCc2cc(N)ccc2O)s1. The number of nitrogens with two attached hydrogens (primary N) is 1. The molecule has 4 N–H and O–H groups in total. The molecule has 19 heavy (non-hydrogen) atoms. The summed E-state index contributed by atoms with van der Waals surface area (Å²) < 4.78 is 0. The van der Waals surface area contributed by atoms with E-state index in [0.717, 1.165) is 10.7 Å². The zero-order valence-corrected chi connectivity index (χ0v) is 11.5. The van der Waals surface area contributed by atoms with Crippen molar-refractivity contribution < 1.29 is 9.90 Å². The molecule has 0 atom stereocenters. The van der Waals surface area contributed by atoms with Gasteiger partial charge >= 0.3 is 0 Å². The Bertz CT molecular complexity index is 622. The molecule has 6 heteroatoms. The number of thiazole rings is 1. The first kappa shape index (κ1) is 13.4. The summed E-state index contributed by atoms with van der Waals surface area (Å²) in [6.07, 6.45) is 0. The van der Waals surface area contributed by atoms with Crippen LogP contribution in [0.25, 0.3) is 0 Å². The minimum absolute atomic E-state index is 0.117.